The lowest BCUT2D eigenvalue weighted by molar-refractivity contribution is -0.192. The molecule has 1 aliphatic heterocycles. The predicted molar refractivity (Wildman–Crippen MR) is 97.0 cm³/mol. The summed E-state index contributed by atoms with van der Waals surface area (Å²) in [4.78, 5) is 19.7. The first-order chi connectivity index (χ1) is 13.4. The highest BCUT2D eigenvalue weighted by atomic mass is 32.2. The summed E-state index contributed by atoms with van der Waals surface area (Å²) in [7, 11) is -3.60. The van der Waals surface area contributed by atoms with Crippen LogP contribution in [-0.4, -0.2) is 56.4 Å². The number of carboxylic acid groups (broad SMARTS) is 2. The summed E-state index contributed by atoms with van der Waals surface area (Å²) in [6.45, 7) is 1.92. The van der Waals surface area contributed by atoms with Crippen LogP contribution in [0.5, 0.6) is 0 Å². The molecule has 0 aliphatic carbocycles. The van der Waals surface area contributed by atoms with Crippen LogP contribution >= 0.6 is 0 Å². The molecule has 0 amide bonds. The Morgan fingerprint density at radius 1 is 1.14 bits per heavy atom. The lowest BCUT2D eigenvalue weighted by Crippen LogP contribution is -2.30. The van der Waals surface area contributed by atoms with Gasteiger partial charge in [0.25, 0.3) is 0 Å². The van der Waals surface area contributed by atoms with Crippen molar-refractivity contribution in [3.8, 4) is 0 Å². The first kappa shape index (κ1) is 24.9. The zero-order valence-corrected chi connectivity index (χ0v) is 16.2. The van der Waals surface area contributed by atoms with Crippen molar-refractivity contribution in [1.82, 2.24) is 10.0 Å². The zero-order valence-electron chi connectivity index (χ0n) is 15.4. The molecule has 0 bridgehead atoms. The van der Waals surface area contributed by atoms with E-state index in [4.69, 9.17) is 15.0 Å². The normalized spacial score (nSPS) is 15.3. The van der Waals surface area contributed by atoms with Crippen molar-refractivity contribution in [2.45, 2.75) is 42.7 Å². The first-order valence-corrected chi connectivity index (χ1v) is 10.2. The van der Waals surface area contributed by atoms with Gasteiger partial charge in [-0.25, -0.2) is 17.9 Å². The van der Waals surface area contributed by atoms with Crippen LogP contribution in [0.25, 0.3) is 0 Å². The highest BCUT2D eigenvalue weighted by Crippen LogP contribution is 2.30. The quantitative estimate of drug-likeness (QED) is 0.476. The third kappa shape index (κ3) is 8.79. The van der Waals surface area contributed by atoms with Crippen LogP contribution in [0.4, 0.5) is 13.2 Å². The molecule has 8 nitrogen and oxygen atoms in total. The number of halogens is 3. The number of nitrogens with one attached hydrogen (secondary N) is 2. The first-order valence-electron chi connectivity index (χ1n) is 8.76. The highest BCUT2D eigenvalue weighted by molar-refractivity contribution is 7.89. The largest absolute Gasteiger partial charge is 0.490 e. The van der Waals surface area contributed by atoms with Gasteiger partial charge in [0.2, 0.25) is 10.0 Å². The van der Waals surface area contributed by atoms with Crippen molar-refractivity contribution < 1.29 is 41.4 Å². The zero-order chi connectivity index (χ0) is 22.1. The molecule has 29 heavy (non-hydrogen) atoms. The predicted octanol–water partition coefficient (Wildman–Crippen LogP) is 1.93. The molecule has 1 aromatic rings. The molecular weight excluding hydrogens is 417 g/mol. The van der Waals surface area contributed by atoms with Crippen LogP contribution < -0.4 is 10.0 Å². The lowest BCUT2D eigenvalue weighted by Gasteiger charge is -2.25. The summed E-state index contributed by atoms with van der Waals surface area (Å²) in [5.41, 5.74) is 0.856. The number of benzene rings is 1. The van der Waals surface area contributed by atoms with Gasteiger partial charge < -0.3 is 15.5 Å². The molecule has 12 heteroatoms. The minimum Gasteiger partial charge on any atom is -0.481 e. The second-order valence-corrected chi connectivity index (χ2v) is 8.00. The standard InChI is InChI=1S/C15H22N2O4S.C2HF3O2/c18-15(19)6-3-9-17-22(20,21)14-5-2-1-4-13(14)12-7-10-16-11-8-12;3-2(4,5)1(6)7/h1-2,4-5,12,16-17H,3,6-11H2,(H,18,19);(H,6,7). The molecule has 0 aromatic heterocycles. The molecule has 0 spiro atoms. The monoisotopic (exact) mass is 440 g/mol. The molecule has 4 N–H and O–H groups in total. The van der Waals surface area contributed by atoms with Gasteiger partial charge in [0, 0.05) is 13.0 Å². The third-order valence-electron chi connectivity index (χ3n) is 4.09. The van der Waals surface area contributed by atoms with Crippen LogP contribution in [0.3, 0.4) is 0 Å². The maximum atomic E-state index is 12.5. The Morgan fingerprint density at radius 3 is 2.21 bits per heavy atom. The summed E-state index contributed by atoms with van der Waals surface area (Å²) < 4.78 is 59.2. The van der Waals surface area contributed by atoms with Gasteiger partial charge in [-0.05, 0) is 49.9 Å². The van der Waals surface area contributed by atoms with E-state index in [1.54, 1.807) is 12.1 Å². The molecule has 2 rings (SSSR count). The molecule has 1 aliphatic rings. The van der Waals surface area contributed by atoms with Crippen molar-refractivity contribution >= 4 is 22.0 Å². The highest BCUT2D eigenvalue weighted by Gasteiger charge is 2.38. The Labute approximate surface area is 166 Å². The number of alkyl halides is 3. The third-order valence-corrected chi connectivity index (χ3v) is 5.62. The summed E-state index contributed by atoms with van der Waals surface area (Å²) in [5.74, 6) is -3.44. The Balaban J connectivity index is 0.000000516. The molecule has 0 unspecified atom stereocenters. The molecule has 0 radical (unpaired) electrons. The van der Waals surface area contributed by atoms with E-state index in [0.29, 0.717) is 4.90 Å². The Hall–Kier alpha value is -2.18. The number of sulfonamides is 1. The van der Waals surface area contributed by atoms with Gasteiger partial charge in [0.05, 0.1) is 4.90 Å². The minimum atomic E-state index is -5.08. The van der Waals surface area contributed by atoms with Gasteiger partial charge in [-0.1, -0.05) is 18.2 Å². The van der Waals surface area contributed by atoms with Gasteiger partial charge in [0.1, 0.15) is 0 Å². The van der Waals surface area contributed by atoms with Crippen molar-refractivity contribution in [3.63, 3.8) is 0 Å². The Morgan fingerprint density at radius 2 is 1.69 bits per heavy atom. The van der Waals surface area contributed by atoms with Gasteiger partial charge in [0.15, 0.2) is 0 Å². The summed E-state index contributed by atoms with van der Waals surface area (Å²) in [5, 5.41) is 19.0. The van der Waals surface area contributed by atoms with E-state index >= 15 is 0 Å². The molecule has 1 aromatic carbocycles. The maximum Gasteiger partial charge on any atom is 0.490 e. The maximum absolute atomic E-state index is 12.5. The molecule has 0 saturated carbocycles. The molecular formula is C17H23F3N2O6S. The number of piperidine rings is 1. The average molecular weight is 440 g/mol. The summed E-state index contributed by atoms with van der Waals surface area (Å²) in [6.07, 6.45) is -3.00. The fourth-order valence-electron chi connectivity index (χ4n) is 2.72. The van der Waals surface area contributed by atoms with E-state index in [9.17, 15) is 26.4 Å². The molecule has 1 fully saturated rings. The smallest absolute Gasteiger partial charge is 0.481 e. The average Bonchev–Trinajstić information content (AvgIpc) is 2.65. The van der Waals surface area contributed by atoms with E-state index < -0.39 is 28.1 Å². The lowest BCUT2D eigenvalue weighted by atomic mass is 9.90. The topological polar surface area (TPSA) is 133 Å². The SMILES string of the molecule is O=C(O)C(F)(F)F.O=C(O)CCCNS(=O)(=O)c1ccccc1C1CCNCC1. The van der Waals surface area contributed by atoms with E-state index in [-0.39, 0.29) is 25.3 Å². The van der Waals surface area contributed by atoms with E-state index in [1.807, 2.05) is 12.1 Å². The summed E-state index contributed by atoms with van der Waals surface area (Å²) in [6, 6.07) is 7.08. The number of hydrogen-bond acceptors (Lipinski definition) is 5. The molecule has 164 valence electrons. The number of aliphatic carboxylic acids is 2. The minimum absolute atomic E-state index is 0.0432. The van der Waals surface area contributed by atoms with Crippen LogP contribution in [0.1, 0.15) is 37.2 Å². The van der Waals surface area contributed by atoms with Crippen LogP contribution in [0.2, 0.25) is 0 Å². The van der Waals surface area contributed by atoms with Crippen LogP contribution in [0.15, 0.2) is 29.2 Å². The number of rotatable bonds is 7. The van der Waals surface area contributed by atoms with Crippen molar-refractivity contribution in [3.05, 3.63) is 29.8 Å². The van der Waals surface area contributed by atoms with Gasteiger partial charge >= 0.3 is 18.1 Å². The molecule has 1 saturated heterocycles. The fourth-order valence-corrected chi connectivity index (χ4v) is 4.09. The van der Waals surface area contributed by atoms with E-state index in [1.165, 1.54) is 0 Å². The van der Waals surface area contributed by atoms with Crippen molar-refractivity contribution in [1.29, 1.82) is 0 Å². The summed E-state index contributed by atoms with van der Waals surface area (Å²) >= 11 is 0. The second-order valence-electron chi connectivity index (χ2n) is 6.26. The number of hydrogen-bond donors (Lipinski definition) is 4. The van der Waals surface area contributed by atoms with Gasteiger partial charge in [-0.15, -0.1) is 0 Å². The fraction of sp³-hybridized carbons (Fsp3) is 0.529. The Bertz CT molecular complexity index is 793. The van der Waals surface area contributed by atoms with Crippen LogP contribution in [0, 0.1) is 0 Å². The van der Waals surface area contributed by atoms with Crippen LogP contribution in [-0.2, 0) is 19.6 Å². The van der Waals surface area contributed by atoms with Gasteiger partial charge in [-0.2, -0.15) is 13.2 Å². The van der Waals surface area contributed by atoms with Gasteiger partial charge in [-0.3, -0.25) is 4.79 Å². The number of carboxylic acids is 2. The Kier molecular flexibility index (Phi) is 9.53. The van der Waals surface area contributed by atoms with E-state index in [0.717, 1.165) is 31.5 Å². The van der Waals surface area contributed by atoms with Crippen molar-refractivity contribution in [2.24, 2.45) is 0 Å². The number of carbonyl (C=O) groups is 2. The molecule has 0 atom stereocenters. The molecule has 1 heterocycles. The van der Waals surface area contributed by atoms with Crippen molar-refractivity contribution in [2.75, 3.05) is 19.6 Å². The van der Waals surface area contributed by atoms with E-state index in [2.05, 4.69) is 10.0 Å². The second kappa shape index (κ2) is 11.1.